The second-order valence-corrected chi connectivity index (χ2v) is 7.95. The monoisotopic (exact) mass is 268 g/mol. The number of hydrogen-bond donors (Lipinski definition) is 1. The number of piperidine rings is 1. The van der Waals surface area contributed by atoms with E-state index in [9.17, 15) is 4.79 Å². The van der Waals surface area contributed by atoms with E-state index in [1.165, 1.54) is 0 Å². The molecule has 0 unspecified atom stereocenters. The summed E-state index contributed by atoms with van der Waals surface area (Å²) in [5, 5.41) is 3.38. The summed E-state index contributed by atoms with van der Waals surface area (Å²) < 4.78 is 0. The fourth-order valence-corrected chi connectivity index (χ4v) is 2.70. The van der Waals surface area contributed by atoms with Crippen molar-refractivity contribution >= 4 is 5.91 Å². The van der Waals surface area contributed by atoms with Crippen LogP contribution in [0.3, 0.4) is 0 Å². The lowest BCUT2D eigenvalue weighted by Crippen LogP contribution is -2.43. The smallest absolute Gasteiger partial charge is 0.223 e. The van der Waals surface area contributed by atoms with Crippen molar-refractivity contribution in [2.24, 2.45) is 11.3 Å². The van der Waals surface area contributed by atoms with Crippen molar-refractivity contribution < 1.29 is 4.79 Å². The SMILES string of the molecule is CC(C)(C)NCCC(=O)N1CCC(C(C)(C)C)CC1. The lowest BCUT2D eigenvalue weighted by Gasteiger charge is -2.39. The average molecular weight is 268 g/mol. The number of carbonyl (C=O) groups is 1. The average Bonchev–Trinajstić information content (AvgIpc) is 2.26. The molecule has 0 bridgehead atoms. The summed E-state index contributed by atoms with van der Waals surface area (Å²) in [6.45, 7) is 16.0. The first-order chi connectivity index (χ1) is 8.59. The molecule has 19 heavy (non-hydrogen) atoms. The van der Waals surface area contributed by atoms with Crippen LogP contribution in [0.25, 0.3) is 0 Å². The first kappa shape index (κ1) is 16.5. The molecule has 112 valence electrons. The molecule has 1 amide bonds. The van der Waals surface area contributed by atoms with E-state index in [4.69, 9.17) is 0 Å². The van der Waals surface area contributed by atoms with Crippen LogP contribution < -0.4 is 5.32 Å². The fraction of sp³-hybridized carbons (Fsp3) is 0.938. The molecule has 0 aromatic rings. The molecule has 1 saturated heterocycles. The van der Waals surface area contributed by atoms with Crippen molar-refractivity contribution in [3.05, 3.63) is 0 Å². The van der Waals surface area contributed by atoms with Gasteiger partial charge in [0.1, 0.15) is 0 Å². The van der Waals surface area contributed by atoms with Crippen LogP contribution in [0.2, 0.25) is 0 Å². The number of nitrogens with one attached hydrogen (secondary N) is 1. The van der Waals surface area contributed by atoms with Crippen LogP contribution in [-0.2, 0) is 4.79 Å². The van der Waals surface area contributed by atoms with Gasteiger partial charge in [-0.3, -0.25) is 4.79 Å². The third-order valence-electron chi connectivity index (χ3n) is 4.07. The normalized spacial score (nSPS) is 18.7. The summed E-state index contributed by atoms with van der Waals surface area (Å²) in [6.07, 6.45) is 2.93. The zero-order valence-electron chi connectivity index (χ0n) is 13.7. The number of hydrogen-bond acceptors (Lipinski definition) is 2. The van der Waals surface area contributed by atoms with Crippen LogP contribution in [-0.4, -0.2) is 36.0 Å². The number of nitrogens with zero attached hydrogens (tertiary/aromatic N) is 1. The Labute approximate surface area is 119 Å². The first-order valence-electron chi connectivity index (χ1n) is 7.62. The van der Waals surface area contributed by atoms with Gasteiger partial charge in [0.05, 0.1) is 0 Å². The topological polar surface area (TPSA) is 32.3 Å². The van der Waals surface area contributed by atoms with Gasteiger partial charge in [-0.15, -0.1) is 0 Å². The van der Waals surface area contributed by atoms with Crippen LogP contribution >= 0.6 is 0 Å². The van der Waals surface area contributed by atoms with Gasteiger partial charge in [0, 0.05) is 31.6 Å². The molecule has 0 aromatic heterocycles. The van der Waals surface area contributed by atoms with E-state index in [0.717, 1.165) is 38.4 Å². The summed E-state index contributed by atoms with van der Waals surface area (Å²) in [5.41, 5.74) is 0.475. The minimum atomic E-state index is 0.0967. The van der Waals surface area contributed by atoms with Crippen molar-refractivity contribution in [1.29, 1.82) is 0 Å². The van der Waals surface area contributed by atoms with Crippen molar-refractivity contribution in [1.82, 2.24) is 10.2 Å². The number of rotatable bonds is 3. The summed E-state index contributed by atoms with van der Waals surface area (Å²) in [4.78, 5) is 14.2. The summed E-state index contributed by atoms with van der Waals surface area (Å²) in [5.74, 6) is 1.06. The van der Waals surface area contributed by atoms with Gasteiger partial charge in [-0.25, -0.2) is 0 Å². The summed E-state index contributed by atoms with van der Waals surface area (Å²) in [7, 11) is 0. The molecule has 1 fully saturated rings. The van der Waals surface area contributed by atoms with Gasteiger partial charge in [-0.05, 0) is 44.9 Å². The predicted molar refractivity (Wildman–Crippen MR) is 81.1 cm³/mol. The second-order valence-electron chi connectivity index (χ2n) is 7.95. The highest BCUT2D eigenvalue weighted by Crippen LogP contribution is 2.34. The molecular formula is C16H32N2O. The van der Waals surface area contributed by atoms with E-state index < -0.39 is 0 Å². The molecule has 3 heteroatoms. The largest absolute Gasteiger partial charge is 0.343 e. The highest BCUT2D eigenvalue weighted by molar-refractivity contribution is 5.76. The van der Waals surface area contributed by atoms with Crippen molar-refractivity contribution in [2.45, 2.75) is 66.3 Å². The third kappa shape index (κ3) is 5.94. The Bertz CT molecular complexity index is 291. The second kappa shape index (κ2) is 6.25. The minimum absolute atomic E-state index is 0.0967. The Morgan fingerprint density at radius 1 is 1.11 bits per heavy atom. The molecule has 0 aromatic carbocycles. The Kier molecular flexibility index (Phi) is 5.43. The van der Waals surface area contributed by atoms with Gasteiger partial charge in [0.15, 0.2) is 0 Å². The Hall–Kier alpha value is -0.570. The molecule has 1 N–H and O–H groups in total. The van der Waals surface area contributed by atoms with Gasteiger partial charge in [0.2, 0.25) is 5.91 Å². The Morgan fingerprint density at radius 2 is 1.63 bits per heavy atom. The highest BCUT2D eigenvalue weighted by Gasteiger charge is 2.30. The Morgan fingerprint density at radius 3 is 2.05 bits per heavy atom. The molecular weight excluding hydrogens is 236 g/mol. The predicted octanol–water partition coefficient (Wildman–Crippen LogP) is 3.05. The molecule has 1 aliphatic heterocycles. The van der Waals surface area contributed by atoms with Crippen LogP contribution in [0.5, 0.6) is 0 Å². The summed E-state index contributed by atoms with van der Waals surface area (Å²) in [6, 6.07) is 0. The highest BCUT2D eigenvalue weighted by atomic mass is 16.2. The van der Waals surface area contributed by atoms with E-state index in [1.807, 2.05) is 4.90 Å². The maximum absolute atomic E-state index is 12.1. The maximum atomic E-state index is 12.1. The van der Waals surface area contributed by atoms with Gasteiger partial charge in [-0.2, -0.15) is 0 Å². The molecule has 1 heterocycles. The molecule has 0 radical (unpaired) electrons. The quantitative estimate of drug-likeness (QED) is 0.853. The molecule has 3 nitrogen and oxygen atoms in total. The van der Waals surface area contributed by atoms with E-state index in [1.54, 1.807) is 0 Å². The molecule has 0 spiro atoms. The van der Waals surface area contributed by atoms with Crippen molar-refractivity contribution in [2.75, 3.05) is 19.6 Å². The first-order valence-corrected chi connectivity index (χ1v) is 7.62. The number of carbonyl (C=O) groups excluding carboxylic acids is 1. The molecule has 0 saturated carbocycles. The zero-order chi connectivity index (χ0) is 14.7. The van der Waals surface area contributed by atoms with Crippen LogP contribution in [0, 0.1) is 11.3 Å². The van der Waals surface area contributed by atoms with E-state index in [-0.39, 0.29) is 5.54 Å². The van der Waals surface area contributed by atoms with Crippen LogP contribution in [0.15, 0.2) is 0 Å². The van der Waals surface area contributed by atoms with E-state index in [0.29, 0.717) is 17.7 Å². The lowest BCUT2D eigenvalue weighted by atomic mass is 9.75. The van der Waals surface area contributed by atoms with Gasteiger partial charge in [-0.1, -0.05) is 20.8 Å². The maximum Gasteiger partial charge on any atom is 0.223 e. The molecule has 1 aliphatic rings. The van der Waals surface area contributed by atoms with Gasteiger partial charge in [0.25, 0.3) is 0 Å². The molecule has 1 rings (SSSR count). The zero-order valence-corrected chi connectivity index (χ0v) is 13.7. The minimum Gasteiger partial charge on any atom is -0.343 e. The van der Waals surface area contributed by atoms with E-state index in [2.05, 4.69) is 46.9 Å². The Balaban J connectivity index is 2.29. The third-order valence-corrected chi connectivity index (χ3v) is 4.07. The number of amides is 1. The lowest BCUT2D eigenvalue weighted by molar-refractivity contribution is -0.133. The standard InChI is InChI=1S/C16H32N2O/c1-15(2,3)13-8-11-18(12-9-13)14(19)7-10-17-16(4,5)6/h13,17H,7-12H2,1-6H3. The van der Waals surface area contributed by atoms with Crippen LogP contribution in [0.1, 0.15) is 60.8 Å². The van der Waals surface area contributed by atoms with Crippen LogP contribution in [0.4, 0.5) is 0 Å². The number of likely N-dealkylation sites (tertiary alicyclic amines) is 1. The summed E-state index contributed by atoms with van der Waals surface area (Å²) >= 11 is 0. The van der Waals surface area contributed by atoms with Crippen molar-refractivity contribution in [3.8, 4) is 0 Å². The van der Waals surface area contributed by atoms with E-state index >= 15 is 0 Å². The van der Waals surface area contributed by atoms with Crippen molar-refractivity contribution in [3.63, 3.8) is 0 Å². The van der Waals surface area contributed by atoms with Gasteiger partial charge < -0.3 is 10.2 Å². The molecule has 0 atom stereocenters. The fourth-order valence-electron chi connectivity index (χ4n) is 2.70. The molecule has 0 aliphatic carbocycles. The van der Waals surface area contributed by atoms with Gasteiger partial charge >= 0.3 is 0 Å².